The first kappa shape index (κ1) is 43.1. The van der Waals surface area contributed by atoms with Gasteiger partial charge in [-0.3, -0.25) is 0 Å². The summed E-state index contributed by atoms with van der Waals surface area (Å²) in [4.78, 5) is 0. The lowest BCUT2D eigenvalue weighted by atomic mass is 9.77. The van der Waals surface area contributed by atoms with Crippen LogP contribution in [0.15, 0.2) is 24.3 Å². The van der Waals surface area contributed by atoms with Crippen LogP contribution < -0.4 is 0 Å². The van der Waals surface area contributed by atoms with E-state index in [1.807, 2.05) is 0 Å². The third kappa shape index (κ3) is 7.59. The Hall–Kier alpha value is -2.11. The van der Waals surface area contributed by atoms with Crippen molar-refractivity contribution >= 4 is 0 Å². The van der Waals surface area contributed by atoms with Crippen molar-refractivity contribution in [2.75, 3.05) is 0 Å². The van der Waals surface area contributed by atoms with Crippen molar-refractivity contribution in [2.24, 2.45) is 11.8 Å². The maximum absolute atomic E-state index is 14.6. The molecule has 0 aliphatic heterocycles. The number of hydrogen-bond acceptors (Lipinski definition) is 0. The molecule has 0 unspecified atom stereocenters. The van der Waals surface area contributed by atoms with Gasteiger partial charge in [-0.15, -0.1) is 0 Å². The first-order chi connectivity index (χ1) is 22.0. The Morgan fingerprint density at radius 2 is 0.816 bits per heavy atom. The highest BCUT2D eigenvalue weighted by atomic mass is 19.4. The molecule has 0 atom stereocenters. The highest BCUT2D eigenvalue weighted by molar-refractivity contribution is 5.30. The number of halogens is 19. The van der Waals surface area contributed by atoms with Crippen LogP contribution in [-0.4, -0.2) is 47.6 Å². The fraction of sp³-hybridized carbons (Fsp3) is 0.800. The second-order valence-electron chi connectivity index (χ2n) is 12.4. The van der Waals surface area contributed by atoms with Crippen molar-refractivity contribution in [2.45, 2.75) is 138 Å². The summed E-state index contributed by atoms with van der Waals surface area (Å²) in [5.74, 6) is -65.9. The van der Waals surface area contributed by atoms with Gasteiger partial charge >= 0.3 is 53.6 Å². The van der Waals surface area contributed by atoms with E-state index in [4.69, 9.17) is 0 Å². The summed E-state index contributed by atoms with van der Waals surface area (Å²) in [5.41, 5.74) is -2.11. The molecule has 0 saturated heterocycles. The number of rotatable bonds is 17. The van der Waals surface area contributed by atoms with Crippen LogP contribution in [-0.2, 0) is 12.3 Å². The Kier molecular flexibility index (Phi) is 12.7. The van der Waals surface area contributed by atoms with Crippen molar-refractivity contribution in [1.82, 2.24) is 0 Å². The minimum absolute atomic E-state index is 0.00229. The van der Waals surface area contributed by atoms with E-state index in [0.29, 0.717) is 24.5 Å². The molecule has 1 saturated carbocycles. The van der Waals surface area contributed by atoms with Crippen LogP contribution >= 0.6 is 0 Å². The van der Waals surface area contributed by atoms with Gasteiger partial charge in [0, 0.05) is 5.56 Å². The Morgan fingerprint density at radius 1 is 0.449 bits per heavy atom. The molecule has 0 amide bonds. The summed E-state index contributed by atoms with van der Waals surface area (Å²) in [6.07, 6.45) is 2.96. The second kappa shape index (κ2) is 14.5. The van der Waals surface area contributed by atoms with Gasteiger partial charge < -0.3 is 0 Å². The number of aryl methyl sites for hydroxylation is 1. The van der Waals surface area contributed by atoms with E-state index in [2.05, 4.69) is 6.92 Å². The van der Waals surface area contributed by atoms with Gasteiger partial charge in [0.05, 0.1) is 0 Å². The molecular formula is C30H33F19. The van der Waals surface area contributed by atoms with Crippen LogP contribution in [0, 0.1) is 11.8 Å². The van der Waals surface area contributed by atoms with Gasteiger partial charge in [-0.05, 0) is 30.2 Å². The number of alkyl halides is 19. The predicted octanol–water partition coefficient (Wildman–Crippen LogP) is 12.9. The molecule has 1 aliphatic rings. The van der Waals surface area contributed by atoms with Crippen molar-refractivity contribution in [3.05, 3.63) is 35.4 Å². The first-order valence-corrected chi connectivity index (χ1v) is 15.2. The lowest BCUT2D eigenvalue weighted by Gasteiger charge is -2.43. The normalized spacial score (nSPS) is 19.8. The van der Waals surface area contributed by atoms with Gasteiger partial charge in [-0.25, -0.2) is 0 Å². The van der Waals surface area contributed by atoms with E-state index in [0.717, 1.165) is 64.2 Å². The summed E-state index contributed by atoms with van der Waals surface area (Å²) < 4.78 is 259. The summed E-state index contributed by atoms with van der Waals surface area (Å²) in [6, 6.07) is 1.33. The van der Waals surface area contributed by atoms with Crippen molar-refractivity contribution in [3.63, 3.8) is 0 Å². The Balaban J connectivity index is 2.21. The molecule has 0 heterocycles. The molecule has 1 fully saturated rings. The molecule has 1 aliphatic carbocycles. The third-order valence-electron chi connectivity index (χ3n) is 8.96. The quantitative estimate of drug-likeness (QED) is 0.110. The number of benzene rings is 1. The van der Waals surface area contributed by atoms with Gasteiger partial charge in [0.15, 0.2) is 0 Å². The molecule has 1 aromatic rings. The van der Waals surface area contributed by atoms with Crippen molar-refractivity contribution < 1.29 is 83.4 Å². The number of unbranched alkanes of at least 4 members (excludes halogenated alkanes) is 4. The van der Waals surface area contributed by atoms with E-state index in [9.17, 15) is 83.4 Å². The van der Waals surface area contributed by atoms with Crippen molar-refractivity contribution in [3.8, 4) is 0 Å². The molecule has 0 nitrogen and oxygen atoms in total. The molecule has 0 N–H and O–H groups in total. The summed E-state index contributed by atoms with van der Waals surface area (Å²) in [6.45, 7) is 2.10. The van der Waals surface area contributed by atoms with Crippen LogP contribution in [0.1, 0.15) is 88.7 Å². The van der Waals surface area contributed by atoms with E-state index < -0.39 is 59.1 Å². The zero-order chi connectivity index (χ0) is 38.1. The molecule has 1 aromatic carbocycles. The maximum Gasteiger partial charge on any atom is 0.460 e. The van der Waals surface area contributed by atoms with Gasteiger partial charge in [-0.2, -0.15) is 83.4 Å². The van der Waals surface area contributed by atoms with Crippen LogP contribution in [0.4, 0.5) is 83.4 Å². The van der Waals surface area contributed by atoms with Gasteiger partial charge in [0.25, 0.3) is 0 Å². The molecule has 19 heteroatoms. The molecular weight excluding hydrogens is 721 g/mol. The Bertz CT molecular complexity index is 1190. The zero-order valence-corrected chi connectivity index (χ0v) is 25.6. The smallest absolute Gasteiger partial charge is 0.194 e. The summed E-state index contributed by atoms with van der Waals surface area (Å²) >= 11 is 0. The SMILES string of the molecule is CCCCCCCC1CCC(CCc2ccc(C(F)(F)C(F)(F)C(F)(F)C(F)(F)C(F)(F)C(F)(F)C(F)(F)C(F)(F)C(F)(F)F)cc2)CC1. The molecule has 0 spiro atoms. The summed E-state index contributed by atoms with van der Waals surface area (Å²) in [5, 5.41) is 0. The number of hydrogen-bond donors (Lipinski definition) is 0. The van der Waals surface area contributed by atoms with Gasteiger partial charge in [0.1, 0.15) is 0 Å². The van der Waals surface area contributed by atoms with E-state index in [1.54, 1.807) is 0 Å². The average molecular weight is 755 g/mol. The van der Waals surface area contributed by atoms with Crippen LogP contribution in [0.25, 0.3) is 0 Å². The Morgan fingerprint density at radius 3 is 1.22 bits per heavy atom. The Labute approximate surface area is 268 Å². The minimum atomic E-state index is -8.92. The molecule has 0 aromatic heterocycles. The van der Waals surface area contributed by atoms with Crippen LogP contribution in [0.3, 0.4) is 0 Å². The molecule has 0 radical (unpaired) electrons. The predicted molar refractivity (Wildman–Crippen MR) is 138 cm³/mol. The zero-order valence-electron chi connectivity index (χ0n) is 25.6. The molecule has 286 valence electrons. The summed E-state index contributed by atoms with van der Waals surface area (Å²) in [7, 11) is 0. The van der Waals surface area contributed by atoms with Crippen LogP contribution in [0.2, 0.25) is 0 Å². The standard InChI is InChI=1S/C30H33F19/c1-2-3-4-5-6-7-18-8-10-19(11-9-18)12-13-20-14-16-21(17-15-20)22(31,32)23(33,34)24(35,36)25(37,38)26(39,40)27(41,42)28(43,44)29(45,46)30(47,48)49/h14-19H,2-13H2,1H3. The van der Waals surface area contributed by atoms with Gasteiger partial charge in [0.2, 0.25) is 0 Å². The first-order valence-electron chi connectivity index (χ1n) is 15.2. The lowest BCUT2D eigenvalue weighted by molar-refractivity contribution is -0.469. The highest BCUT2D eigenvalue weighted by Crippen LogP contribution is 2.66. The minimum Gasteiger partial charge on any atom is -0.194 e. The van der Waals surface area contributed by atoms with Gasteiger partial charge in [-0.1, -0.05) is 95.4 Å². The highest BCUT2D eigenvalue weighted by Gasteiger charge is 2.96. The van der Waals surface area contributed by atoms with E-state index in [-0.39, 0.29) is 30.0 Å². The molecule has 49 heavy (non-hydrogen) atoms. The lowest BCUT2D eigenvalue weighted by Crippen LogP contribution is -2.75. The second-order valence-corrected chi connectivity index (χ2v) is 12.4. The van der Waals surface area contributed by atoms with E-state index in [1.165, 1.54) is 0 Å². The molecule has 0 bridgehead atoms. The topological polar surface area (TPSA) is 0 Å². The van der Waals surface area contributed by atoms with Crippen LogP contribution in [0.5, 0.6) is 0 Å². The largest absolute Gasteiger partial charge is 0.460 e. The fourth-order valence-electron chi connectivity index (χ4n) is 5.64. The average Bonchev–Trinajstić information content (AvgIpc) is 2.99. The third-order valence-corrected chi connectivity index (χ3v) is 8.96. The maximum atomic E-state index is 14.6. The monoisotopic (exact) mass is 754 g/mol. The van der Waals surface area contributed by atoms with E-state index >= 15 is 0 Å². The molecule has 2 rings (SSSR count). The van der Waals surface area contributed by atoms with Crippen molar-refractivity contribution in [1.29, 1.82) is 0 Å². The fourth-order valence-corrected chi connectivity index (χ4v) is 5.64.